The van der Waals surface area contributed by atoms with Gasteiger partial charge in [-0.15, -0.1) is 6.58 Å². The van der Waals surface area contributed by atoms with Crippen LogP contribution >= 0.6 is 0 Å². The molecular formula is C8H13FO2. The molecule has 0 amide bonds. The van der Waals surface area contributed by atoms with Crippen LogP contribution in [0, 0.1) is 11.8 Å². The van der Waals surface area contributed by atoms with Crippen LogP contribution in [-0.2, 0) is 4.79 Å². The monoisotopic (exact) mass is 160 g/mol. The Hall–Kier alpha value is -0.860. The van der Waals surface area contributed by atoms with E-state index in [-0.39, 0.29) is 5.92 Å². The summed E-state index contributed by atoms with van der Waals surface area (Å²) in [7, 11) is 0. The standard InChI is InChI=1S/C8H13FO2/c1-4-6(5(2)3)7(9)8(10)11/h4-7H,1H2,2-3H3,(H,10,11)/t6-,7+/m0/s1. The van der Waals surface area contributed by atoms with Crippen molar-refractivity contribution in [1.82, 2.24) is 0 Å². The summed E-state index contributed by atoms with van der Waals surface area (Å²) in [5, 5.41) is 8.31. The van der Waals surface area contributed by atoms with E-state index >= 15 is 0 Å². The van der Waals surface area contributed by atoms with Gasteiger partial charge in [-0.3, -0.25) is 0 Å². The highest BCUT2D eigenvalue weighted by Crippen LogP contribution is 2.19. The first-order valence-electron chi connectivity index (χ1n) is 3.50. The summed E-state index contributed by atoms with van der Waals surface area (Å²) in [6, 6.07) is 0. The summed E-state index contributed by atoms with van der Waals surface area (Å²) < 4.78 is 12.8. The summed E-state index contributed by atoms with van der Waals surface area (Å²) in [6.07, 6.45) is -0.476. The van der Waals surface area contributed by atoms with Crippen molar-refractivity contribution in [2.24, 2.45) is 11.8 Å². The Morgan fingerprint density at radius 3 is 2.18 bits per heavy atom. The molecule has 2 nitrogen and oxygen atoms in total. The van der Waals surface area contributed by atoms with E-state index in [1.54, 1.807) is 13.8 Å². The van der Waals surface area contributed by atoms with E-state index in [4.69, 9.17) is 5.11 Å². The summed E-state index contributed by atoms with van der Waals surface area (Å²) >= 11 is 0. The lowest BCUT2D eigenvalue weighted by atomic mass is 9.91. The van der Waals surface area contributed by atoms with Crippen LogP contribution in [0.4, 0.5) is 4.39 Å². The summed E-state index contributed by atoms with van der Waals surface area (Å²) in [5.74, 6) is -2.03. The highest BCUT2D eigenvalue weighted by atomic mass is 19.1. The fourth-order valence-electron chi connectivity index (χ4n) is 0.894. The van der Waals surface area contributed by atoms with Gasteiger partial charge in [0.1, 0.15) is 0 Å². The highest BCUT2D eigenvalue weighted by Gasteiger charge is 2.27. The fraction of sp³-hybridized carbons (Fsp3) is 0.625. The summed E-state index contributed by atoms with van der Waals surface area (Å²) in [5.41, 5.74) is 0. The normalized spacial score (nSPS) is 16.0. The molecule has 0 radical (unpaired) electrons. The second-order valence-corrected chi connectivity index (χ2v) is 2.80. The van der Waals surface area contributed by atoms with Crippen LogP contribution in [0.1, 0.15) is 13.8 Å². The number of hydrogen-bond acceptors (Lipinski definition) is 1. The predicted molar refractivity (Wildman–Crippen MR) is 41.1 cm³/mol. The predicted octanol–water partition coefficient (Wildman–Crippen LogP) is 1.87. The molecule has 0 saturated heterocycles. The van der Waals surface area contributed by atoms with Crippen molar-refractivity contribution in [2.75, 3.05) is 0 Å². The molecule has 2 atom stereocenters. The molecule has 0 aromatic rings. The molecule has 0 aromatic carbocycles. The number of allylic oxidation sites excluding steroid dienone is 1. The molecule has 11 heavy (non-hydrogen) atoms. The lowest BCUT2D eigenvalue weighted by Crippen LogP contribution is -2.27. The van der Waals surface area contributed by atoms with E-state index in [9.17, 15) is 9.18 Å². The third-order valence-corrected chi connectivity index (χ3v) is 1.62. The molecule has 0 aliphatic rings. The minimum atomic E-state index is -1.83. The van der Waals surface area contributed by atoms with Crippen LogP contribution in [0.2, 0.25) is 0 Å². The maximum Gasteiger partial charge on any atom is 0.338 e. The Bertz CT molecular complexity index is 154. The van der Waals surface area contributed by atoms with Gasteiger partial charge in [-0.05, 0) is 5.92 Å². The maximum atomic E-state index is 12.8. The van der Waals surface area contributed by atoms with E-state index in [0.29, 0.717) is 0 Å². The molecule has 1 N–H and O–H groups in total. The third kappa shape index (κ3) is 2.70. The Balaban J connectivity index is 4.25. The Morgan fingerprint density at radius 1 is 1.64 bits per heavy atom. The summed E-state index contributed by atoms with van der Waals surface area (Å²) in [6.45, 7) is 6.91. The zero-order chi connectivity index (χ0) is 9.02. The minimum absolute atomic E-state index is 0.0291. The molecule has 0 spiro atoms. The van der Waals surface area contributed by atoms with Crippen molar-refractivity contribution < 1.29 is 14.3 Å². The Labute approximate surface area is 65.7 Å². The van der Waals surface area contributed by atoms with Crippen LogP contribution in [0.15, 0.2) is 12.7 Å². The lowest BCUT2D eigenvalue weighted by Gasteiger charge is -2.17. The summed E-state index contributed by atoms with van der Waals surface area (Å²) in [4.78, 5) is 10.2. The number of halogens is 1. The van der Waals surface area contributed by atoms with E-state index in [1.165, 1.54) is 6.08 Å². The molecule has 0 saturated carbocycles. The van der Waals surface area contributed by atoms with Crippen LogP contribution < -0.4 is 0 Å². The number of carbonyl (C=O) groups is 1. The van der Waals surface area contributed by atoms with Crippen LogP contribution in [-0.4, -0.2) is 17.2 Å². The van der Waals surface area contributed by atoms with Crippen molar-refractivity contribution in [3.05, 3.63) is 12.7 Å². The maximum absolute atomic E-state index is 12.8. The third-order valence-electron chi connectivity index (χ3n) is 1.62. The number of rotatable bonds is 4. The molecule has 0 fully saturated rings. The largest absolute Gasteiger partial charge is 0.479 e. The van der Waals surface area contributed by atoms with Crippen LogP contribution in [0.25, 0.3) is 0 Å². The van der Waals surface area contributed by atoms with E-state index in [1.807, 2.05) is 0 Å². The van der Waals surface area contributed by atoms with Gasteiger partial charge in [0.25, 0.3) is 0 Å². The molecule has 0 unspecified atom stereocenters. The van der Waals surface area contributed by atoms with Gasteiger partial charge < -0.3 is 5.11 Å². The van der Waals surface area contributed by atoms with Gasteiger partial charge in [-0.1, -0.05) is 19.9 Å². The second kappa shape index (κ2) is 4.11. The van der Waals surface area contributed by atoms with Gasteiger partial charge in [0.05, 0.1) is 0 Å². The van der Waals surface area contributed by atoms with Gasteiger partial charge in [0.15, 0.2) is 0 Å². The van der Waals surface area contributed by atoms with Crippen LogP contribution in [0.3, 0.4) is 0 Å². The topological polar surface area (TPSA) is 37.3 Å². The van der Waals surface area contributed by atoms with Gasteiger partial charge >= 0.3 is 5.97 Å². The number of hydrogen-bond donors (Lipinski definition) is 1. The van der Waals surface area contributed by atoms with E-state index in [2.05, 4.69) is 6.58 Å². The average Bonchev–Trinajstić information content (AvgIpc) is 1.88. The quantitative estimate of drug-likeness (QED) is 0.637. The average molecular weight is 160 g/mol. The van der Waals surface area contributed by atoms with Crippen LogP contribution in [0.5, 0.6) is 0 Å². The second-order valence-electron chi connectivity index (χ2n) is 2.80. The van der Waals surface area contributed by atoms with Gasteiger partial charge in [0, 0.05) is 5.92 Å². The number of carboxylic acid groups (broad SMARTS) is 1. The van der Waals surface area contributed by atoms with Crippen molar-refractivity contribution >= 4 is 5.97 Å². The zero-order valence-corrected chi connectivity index (χ0v) is 6.75. The minimum Gasteiger partial charge on any atom is -0.479 e. The highest BCUT2D eigenvalue weighted by molar-refractivity contribution is 5.72. The van der Waals surface area contributed by atoms with Crippen molar-refractivity contribution in [3.8, 4) is 0 Å². The molecule has 0 heterocycles. The fourth-order valence-corrected chi connectivity index (χ4v) is 0.894. The molecule has 64 valence electrons. The van der Waals surface area contributed by atoms with Crippen molar-refractivity contribution in [3.63, 3.8) is 0 Å². The SMILES string of the molecule is C=C[C@@H](C(C)C)[C@@H](F)C(=O)O. The molecule has 0 bridgehead atoms. The first kappa shape index (κ1) is 10.1. The number of alkyl halides is 1. The van der Waals surface area contributed by atoms with Gasteiger partial charge in [-0.2, -0.15) is 0 Å². The van der Waals surface area contributed by atoms with Gasteiger partial charge in [-0.25, -0.2) is 9.18 Å². The molecule has 0 aliphatic heterocycles. The van der Waals surface area contributed by atoms with Crippen molar-refractivity contribution in [2.45, 2.75) is 20.0 Å². The molecule has 0 aromatic heterocycles. The Morgan fingerprint density at radius 2 is 2.09 bits per heavy atom. The Kier molecular flexibility index (Phi) is 3.79. The smallest absolute Gasteiger partial charge is 0.338 e. The number of aliphatic carboxylic acids is 1. The van der Waals surface area contributed by atoms with Gasteiger partial charge in [0.2, 0.25) is 6.17 Å². The molecule has 3 heteroatoms. The first-order valence-corrected chi connectivity index (χ1v) is 3.50. The molecular weight excluding hydrogens is 147 g/mol. The van der Waals surface area contributed by atoms with Crippen molar-refractivity contribution in [1.29, 1.82) is 0 Å². The molecule has 0 aliphatic carbocycles. The van der Waals surface area contributed by atoms with E-state index in [0.717, 1.165) is 0 Å². The first-order chi connectivity index (χ1) is 5.00. The molecule has 0 rings (SSSR count). The zero-order valence-electron chi connectivity index (χ0n) is 6.75. The lowest BCUT2D eigenvalue weighted by molar-refractivity contribution is -0.144. The number of carboxylic acids is 1. The van der Waals surface area contributed by atoms with E-state index < -0.39 is 18.1 Å².